The molecule has 5 heteroatoms. The molecule has 0 bridgehead atoms. The Bertz CT molecular complexity index is 680. The minimum absolute atomic E-state index is 0.292. The third-order valence-electron chi connectivity index (χ3n) is 4.57. The van der Waals surface area contributed by atoms with Gasteiger partial charge in [0.1, 0.15) is 5.82 Å². The van der Waals surface area contributed by atoms with Gasteiger partial charge in [-0.15, -0.1) is 0 Å². The third kappa shape index (κ3) is 2.51. The third-order valence-corrected chi connectivity index (χ3v) is 4.57. The van der Waals surface area contributed by atoms with Crippen LogP contribution >= 0.6 is 0 Å². The van der Waals surface area contributed by atoms with E-state index in [1.165, 1.54) is 12.1 Å². The molecule has 1 aliphatic carbocycles. The van der Waals surface area contributed by atoms with E-state index in [1.807, 2.05) is 0 Å². The van der Waals surface area contributed by atoms with Gasteiger partial charge in [0.05, 0.1) is 6.20 Å². The molecule has 1 aromatic carbocycles. The Balaban J connectivity index is 1.97. The summed E-state index contributed by atoms with van der Waals surface area (Å²) in [6.07, 6.45) is 6.54. The summed E-state index contributed by atoms with van der Waals surface area (Å²) in [5.41, 5.74) is 0.673. The summed E-state index contributed by atoms with van der Waals surface area (Å²) in [6.45, 7) is 2.08. The van der Waals surface area contributed by atoms with Crippen molar-refractivity contribution in [2.75, 3.05) is 0 Å². The van der Waals surface area contributed by atoms with E-state index in [-0.39, 0.29) is 5.82 Å². The number of aliphatic carboxylic acids is 1. The molecule has 1 heterocycles. The van der Waals surface area contributed by atoms with Crippen LogP contribution in [0.1, 0.15) is 32.6 Å². The molecule has 3 rings (SSSR count). The largest absolute Gasteiger partial charge is 0.479 e. The number of hydrogen-bond donors (Lipinski definition) is 1. The number of carboxylic acid groups (broad SMARTS) is 1. The van der Waals surface area contributed by atoms with E-state index in [1.54, 1.807) is 29.2 Å². The molecular formula is C17H19FN2O2. The summed E-state index contributed by atoms with van der Waals surface area (Å²) in [5, 5.41) is 14.1. The molecule has 0 aliphatic heterocycles. The van der Waals surface area contributed by atoms with Gasteiger partial charge in [0.15, 0.2) is 5.54 Å². The van der Waals surface area contributed by atoms with Crippen molar-refractivity contribution in [3.05, 3.63) is 42.5 Å². The first-order valence-electron chi connectivity index (χ1n) is 7.56. The number of carboxylic acids is 1. The molecule has 2 unspecified atom stereocenters. The normalized spacial score (nSPS) is 25.1. The minimum atomic E-state index is -0.962. The molecule has 0 saturated heterocycles. The molecule has 1 saturated carbocycles. The maximum atomic E-state index is 13.0. The second kappa shape index (κ2) is 5.55. The number of hydrogen-bond acceptors (Lipinski definition) is 2. The van der Waals surface area contributed by atoms with Crippen molar-refractivity contribution < 1.29 is 14.3 Å². The second-order valence-corrected chi connectivity index (χ2v) is 6.22. The lowest BCUT2D eigenvalue weighted by molar-refractivity contribution is -0.151. The van der Waals surface area contributed by atoms with Gasteiger partial charge in [0.25, 0.3) is 0 Å². The first-order chi connectivity index (χ1) is 10.5. The predicted molar refractivity (Wildman–Crippen MR) is 80.9 cm³/mol. The van der Waals surface area contributed by atoms with Crippen LogP contribution in [-0.4, -0.2) is 20.9 Å². The Labute approximate surface area is 128 Å². The van der Waals surface area contributed by atoms with E-state index in [4.69, 9.17) is 0 Å². The fraction of sp³-hybridized carbons (Fsp3) is 0.412. The Hall–Kier alpha value is -2.17. The maximum Gasteiger partial charge on any atom is 0.331 e. The smallest absolute Gasteiger partial charge is 0.331 e. The molecule has 0 amide bonds. The van der Waals surface area contributed by atoms with Gasteiger partial charge in [-0.25, -0.2) is 9.18 Å². The van der Waals surface area contributed by atoms with Crippen LogP contribution in [0.4, 0.5) is 4.39 Å². The summed E-state index contributed by atoms with van der Waals surface area (Å²) in [5.74, 6) is -0.754. The first-order valence-corrected chi connectivity index (χ1v) is 7.56. The molecule has 0 spiro atoms. The van der Waals surface area contributed by atoms with Crippen molar-refractivity contribution in [2.24, 2.45) is 5.92 Å². The average molecular weight is 302 g/mol. The lowest BCUT2D eigenvalue weighted by atomic mass is 9.76. The van der Waals surface area contributed by atoms with Crippen LogP contribution < -0.4 is 0 Å². The van der Waals surface area contributed by atoms with Gasteiger partial charge >= 0.3 is 5.97 Å². The van der Waals surface area contributed by atoms with Crippen LogP contribution in [0.15, 0.2) is 36.7 Å². The summed E-state index contributed by atoms with van der Waals surface area (Å²) in [7, 11) is 0. The highest BCUT2D eigenvalue weighted by Gasteiger charge is 2.44. The second-order valence-electron chi connectivity index (χ2n) is 6.22. The van der Waals surface area contributed by atoms with E-state index >= 15 is 0 Å². The van der Waals surface area contributed by atoms with Crippen LogP contribution in [0.5, 0.6) is 0 Å². The van der Waals surface area contributed by atoms with Crippen molar-refractivity contribution in [3.8, 4) is 11.1 Å². The predicted octanol–water partition coefficient (Wildman–Crippen LogP) is 3.68. The number of nitrogens with zero attached hydrogens (tertiary/aromatic N) is 2. The fourth-order valence-corrected chi connectivity index (χ4v) is 3.37. The molecule has 1 aromatic heterocycles. The van der Waals surface area contributed by atoms with Crippen molar-refractivity contribution in [1.29, 1.82) is 0 Å². The van der Waals surface area contributed by atoms with E-state index in [0.29, 0.717) is 18.8 Å². The highest BCUT2D eigenvalue weighted by molar-refractivity contribution is 5.77. The topological polar surface area (TPSA) is 55.1 Å². The quantitative estimate of drug-likeness (QED) is 0.941. The van der Waals surface area contributed by atoms with Gasteiger partial charge < -0.3 is 5.11 Å². The summed E-state index contributed by atoms with van der Waals surface area (Å²) in [4.78, 5) is 11.9. The van der Waals surface area contributed by atoms with Gasteiger partial charge in [-0.05, 0) is 36.5 Å². The molecule has 22 heavy (non-hydrogen) atoms. The summed E-state index contributed by atoms with van der Waals surface area (Å²) in [6, 6.07) is 6.13. The van der Waals surface area contributed by atoms with Crippen LogP contribution in [0.25, 0.3) is 11.1 Å². The van der Waals surface area contributed by atoms with Crippen LogP contribution in [-0.2, 0) is 10.3 Å². The van der Waals surface area contributed by atoms with E-state index in [0.717, 1.165) is 24.0 Å². The Morgan fingerprint density at radius 2 is 2.09 bits per heavy atom. The molecule has 1 aliphatic rings. The van der Waals surface area contributed by atoms with Gasteiger partial charge in [-0.3, -0.25) is 4.68 Å². The lowest BCUT2D eigenvalue weighted by Gasteiger charge is -2.36. The van der Waals surface area contributed by atoms with Crippen molar-refractivity contribution in [3.63, 3.8) is 0 Å². The zero-order valence-corrected chi connectivity index (χ0v) is 12.5. The molecule has 1 N–H and O–H groups in total. The van der Waals surface area contributed by atoms with Gasteiger partial charge in [-0.1, -0.05) is 31.9 Å². The van der Waals surface area contributed by atoms with E-state index < -0.39 is 11.5 Å². The molecule has 0 radical (unpaired) electrons. The lowest BCUT2D eigenvalue weighted by Crippen LogP contribution is -2.45. The summed E-state index contributed by atoms with van der Waals surface area (Å²) < 4.78 is 14.6. The van der Waals surface area contributed by atoms with E-state index in [9.17, 15) is 14.3 Å². The molecule has 2 atom stereocenters. The van der Waals surface area contributed by atoms with E-state index in [2.05, 4.69) is 12.0 Å². The van der Waals surface area contributed by atoms with Crippen molar-refractivity contribution in [1.82, 2.24) is 9.78 Å². The monoisotopic (exact) mass is 302 g/mol. The maximum absolute atomic E-state index is 13.0. The van der Waals surface area contributed by atoms with Crippen LogP contribution in [0, 0.1) is 11.7 Å². The SMILES string of the molecule is CC1CCCC(C(=O)O)(n2cc(-c3ccc(F)cc3)cn2)C1. The fourth-order valence-electron chi connectivity index (χ4n) is 3.37. The summed E-state index contributed by atoms with van der Waals surface area (Å²) >= 11 is 0. The Morgan fingerprint density at radius 3 is 2.73 bits per heavy atom. The number of aromatic nitrogens is 2. The Kier molecular flexibility index (Phi) is 3.72. The molecule has 116 valence electrons. The number of rotatable bonds is 3. The molecule has 1 fully saturated rings. The van der Waals surface area contributed by atoms with Gasteiger partial charge in [0.2, 0.25) is 0 Å². The van der Waals surface area contributed by atoms with Gasteiger partial charge in [-0.2, -0.15) is 5.10 Å². The zero-order chi connectivity index (χ0) is 15.7. The van der Waals surface area contributed by atoms with Crippen LogP contribution in [0.2, 0.25) is 0 Å². The van der Waals surface area contributed by atoms with Gasteiger partial charge in [0, 0.05) is 11.8 Å². The Morgan fingerprint density at radius 1 is 1.36 bits per heavy atom. The molecule has 2 aromatic rings. The van der Waals surface area contributed by atoms with Crippen molar-refractivity contribution in [2.45, 2.75) is 38.1 Å². The van der Waals surface area contributed by atoms with Crippen LogP contribution in [0.3, 0.4) is 0 Å². The van der Waals surface area contributed by atoms with Crippen molar-refractivity contribution >= 4 is 5.97 Å². The highest BCUT2D eigenvalue weighted by atomic mass is 19.1. The molecule has 4 nitrogen and oxygen atoms in total. The zero-order valence-electron chi connectivity index (χ0n) is 12.5. The standard InChI is InChI=1S/C17H19FN2O2/c1-12-3-2-8-17(9-12,16(21)22)20-11-14(10-19-20)13-4-6-15(18)7-5-13/h4-7,10-12H,2-3,8-9H2,1H3,(H,21,22). The minimum Gasteiger partial charge on any atom is -0.479 e. The number of benzene rings is 1. The number of halogens is 1. The average Bonchev–Trinajstić information content (AvgIpc) is 2.98. The first kappa shape index (κ1) is 14.8. The highest BCUT2D eigenvalue weighted by Crippen LogP contribution is 2.38. The number of carbonyl (C=O) groups is 1. The molecular weight excluding hydrogens is 283 g/mol.